The normalized spacial score (nSPS) is 11.9. The van der Waals surface area contributed by atoms with E-state index in [4.69, 9.17) is 5.73 Å². The first-order valence-corrected chi connectivity index (χ1v) is 5.70. The molecular formula is C13H18ClN3O. The average Bonchev–Trinajstić information content (AvgIpc) is 2.67. The predicted molar refractivity (Wildman–Crippen MR) is 77.1 cm³/mol. The number of anilines is 1. The Kier molecular flexibility index (Phi) is 4.76. The highest BCUT2D eigenvalue weighted by Crippen LogP contribution is 2.20. The molecule has 4 nitrogen and oxygen atoms in total. The van der Waals surface area contributed by atoms with Gasteiger partial charge in [-0.1, -0.05) is 6.92 Å². The summed E-state index contributed by atoms with van der Waals surface area (Å²) in [5.74, 6) is -0.210. The fourth-order valence-corrected chi connectivity index (χ4v) is 1.73. The Balaban J connectivity index is 0.00000162. The molecule has 1 aromatic carbocycles. The minimum absolute atomic E-state index is 0. The van der Waals surface area contributed by atoms with Gasteiger partial charge in [0.05, 0.1) is 0 Å². The lowest BCUT2D eigenvalue weighted by molar-refractivity contribution is -0.119. The molecule has 4 N–H and O–H groups in total. The van der Waals surface area contributed by atoms with Gasteiger partial charge in [-0.2, -0.15) is 0 Å². The molecule has 1 unspecified atom stereocenters. The molecule has 0 radical (unpaired) electrons. The van der Waals surface area contributed by atoms with E-state index in [1.165, 1.54) is 0 Å². The summed E-state index contributed by atoms with van der Waals surface area (Å²) in [6, 6.07) is 7.86. The lowest BCUT2D eigenvalue weighted by Gasteiger charge is -2.09. The van der Waals surface area contributed by atoms with E-state index >= 15 is 0 Å². The van der Waals surface area contributed by atoms with E-state index in [0.717, 1.165) is 22.3 Å². The van der Waals surface area contributed by atoms with Gasteiger partial charge in [0.1, 0.15) is 0 Å². The molecule has 98 valence electrons. The molecule has 0 aliphatic heterocycles. The molecule has 1 aromatic heterocycles. The van der Waals surface area contributed by atoms with E-state index in [2.05, 4.69) is 16.4 Å². The van der Waals surface area contributed by atoms with Gasteiger partial charge < -0.3 is 16.0 Å². The summed E-state index contributed by atoms with van der Waals surface area (Å²) in [4.78, 5) is 14.9. The van der Waals surface area contributed by atoms with Crippen LogP contribution < -0.4 is 11.1 Å². The molecule has 1 amide bonds. The number of aromatic amines is 1. The van der Waals surface area contributed by atoms with E-state index in [1.54, 1.807) is 0 Å². The maximum atomic E-state index is 11.7. The molecule has 0 fully saturated rings. The molecule has 2 rings (SSSR count). The predicted octanol–water partition coefficient (Wildman–Crippen LogP) is 2.43. The van der Waals surface area contributed by atoms with Gasteiger partial charge in [0.15, 0.2) is 0 Å². The highest BCUT2D eigenvalue weighted by atomic mass is 35.5. The van der Waals surface area contributed by atoms with Gasteiger partial charge in [0.25, 0.3) is 0 Å². The van der Waals surface area contributed by atoms with Crippen LogP contribution >= 0.6 is 12.4 Å². The standard InChI is InChI=1S/C13H17N3O.ClH/c1-8(7-14)13(17)16-11-3-4-12-10(6-11)5-9(2)15-12;/h3-6,8,15H,7,14H2,1-2H3,(H,16,17);1H. The smallest absolute Gasteiger partial charge is 0.228 e. The second-order valence-corrected chi connectivity index (χ2v) is 4.38. The van der Waals surface area contributed by atoms with Crippen LogP contribution in [-0.2, 0) is 4.79 Å². The number of hydrogen-bond acceptors (Lipinski definition) is 2. The van der Waals surface area contributed by atoms with Gasteiger partial charge in [-0.3, -0.25) is 4.79 Å². The van der Waals surface area contributed by atoms with E-state index in [9.17, 15) is 4.79 Å². The van der Waals surface area contributed by atoms with Crippen molar-refractivity contribution < 1.29 is 4.79 Å². The fraction of sp³-hybridized carbons (Fsp3) is 0.308. The zero-order valence-electron chi connectivity index (χ0n) is 10.5. The van der Waals surface area contributed by atoms with Crippen LogP contribution in [0, 0.1) is 12.8 Å². The van der Waals surface area contributed by atoms with Gasteiger partial charge in [0, 0.05) is 34.7 Å². The van der Waals surface area contributed by atoms with Crippen molar-refractivity contribution in [1.29, 1.82) is 0 Å². The third kappa shape index (κ3) is 3.03. The van der Waals surface area contributed by atoms with E-state index in [1.807, 2.05) is 32.0 Å². The van der Waals surface area contributed by atoms with Crippen molar-refractivity contribution in [2.24, 2.45) is 11.7 Å². The van der Waals surface area contributed by atoms with Crippen molar-refractivity contribution in [3.05, 3.63) is 30.0 Å². The highest BCUT2D eigenvalue weighted by Gasteiger charge is 2.11. The number of carbonyl (C=O) groups is 1. The number of nitrogens with one attached hydrogen (secondary N) is 2. The van der Waals surface area contributed by atoms with Crippen LogP contribution in [0.5, 0.6) is 0 Å². The third-order valence-electron chi connectivity index (χ3n) is 2.82. The van der Waals surface area contributed by atoms with Gasteiger partial charge >= 0.3 is 0 Å². The van der Waals surface area contributed by atoms with Crippen LogP contribution in [0.3, 0.4) is 0 Å². The van der Waals surface area contributed by atoms with Crippen LogP contribution in [0.2, 0.25) is 0 Å². The topological polar surface area (TPSA) is 70.9 Å². The first-order valence-electron chi connectivity index (χ1n) is 5.70. The number of aryl methyl sites for hydroxylation is 1. The van der Waals surface area contributed by atoms with Crippen molar-refractivity contribution >= 4 is 34.9 Å². The van der Waals surface area contributed by atoms with Crippen molar-refractivity contribution in [2.75, 3.05) is 11.9 Å². The van der Waals surface area contributed by atoms with Gasteiger partial charge in [-0.15, -0.1) is 12.4 Å². The summed E-state index contributed by atoms with van der Waals surface area (Å²) in [6.45, 7) is 4.18. The molecule has 0 saturated heterocycles. The summed E-state index contributed by atoms with van der Waals surface area (Å²) in [7, 11) is 0. The quantitative estimate of drug-likeness (QED) is 0.799. The van der Waals surface area contributed by atoms with Gasteiger partial charge in [0.2, 0.25) is 5.91 Å². The molecule has 0 aliphatic carbocycles. The van der Waals surface area contributed by atoms with E-state index in [0.29, 0.717) is 6.54 Å². The second kappa shape index (κ2) is 5.89. The summed E-state index contributed by atoms with van der Waals surface area (Å²) < 4.78 is 0. The number of H-pyrrole nitrogens is 1. The molecule has 2 aromatic rings. The Labute approximate surface area is 112 Å². The first kappa shape index (κ1) is 14.5. The zero-order valence-corrected chi connectivity index (χ0v) is 11.3. The molecule has 1 heterocycles. The maximum absolute atomic E-state index is 11.7. The first-order chi connectivity index (χ1) is 8.10. The molecule has 0 aliphatic rings. The van der Waals surface area contributed by atoms with Crippen molar-refractivity contribution in [1.82, 2.24) is 4.98 Å². The number of amides is 1. The molecule has 0 bridgehead atoms. The molecule has 1 atom stereocenters. The summed E-state index contributed by atoms with van der Waals surface area (Å²) in [5, 5.41) is 3.96. The van der Waals surface area contributed by atoms with Gasteiger partial charge in [-0.25, -0.2) is 0 Å². The molecule has 18 heavy (non-hydrogen) atoms. The summed E-state index contributed by atoms with van der Waals surface area (Å²) in [6.07, 6.45) is 0. The minimum Gasteiger partial charge on any atom is -0.359 e. The number of rotatable bonds is 3. The number of benzene rings is 1. The number of aromatic nitrogens is 1. The highest BCUT2D eigenvalue weighted by molar-refractivity contribution is 5.95. The summed E-state index contributed by atoms with van der Waals surface area (Å²) in [5.41, 5.74) is 8.45. The Morgan fingerprint density at radius 3 is 2.83 bits per heavy atom. The van der Waals surface area contributed by atoms with Crippen LogP contribution in [-0.4, -0.2) is 17.4 Å². The van der Waals surface area contributed by atoms with Crippen molar-refractivity contribution in [3.63, 3.8) is 0 Å². The number of fused-ring (bicyclic) bond motifs is 1. The Morgan fingerprint density at radius 1 is 1.44 bits per heavy atom. The fourth-order valence-electron chi connectivity index (χ4n) is 1.73. The maximum Gasteiger partial charge on any atom is 0.228 e. The third-order valence-corrected chi connectivity index (χ3v) is 2.82. The van der Waals surface area contributed by atoms with Crippen LogP contribution in [0.25, 0.3) is 10.9 Å². The average molecular weight is 268 g/mol. The van der Waals surface area contributed by atoms with Crippen LogP contribution in [0.4, 0.5) is 5.69 Å². The monoisotopic (exact) mass is 267 g/mol. The number of carbonyl (C=O) groups excluding carboxylic acids is 1. The number of hydrogen-bond donors (Lipinski definition) is 3. The Hall–Kier alpha value is -1.52. The minimum atomic E-state index is -0.168. The lowest BCUT2D eigenvalue weighted by Crippen LogP contribution is -2.26. The number of nitrogens with two attached hydrogens (primary N) is 1. The van der Waals surface area contributed by atoms with Crippen molar-refractivity contribution in [2.45, 2.75) is 13.8 Å². The van der Waals surface area contributed by atoms with Crippen LogP contribution in [0.1, 0.15) is 12.6 Å². The summed E-state index contributed by atoms with van der Waals surface area (Å²) >= 11 is 0. The molecule has 0 saturated carbocycles. The molecule has 5 heteroatoms. The van der Waals surface area contributed by atoms with Crippen LogP contribution in [0.15, 0.2) is 24.3 Å². The molecule has 0 spiro atoms. The number of halogens is 1. The zero-order chi connectivity index (χ0) is 12.4. The molecular weight excluding hydrogens is 250 g/mol. The van der Waals surface area contributed by atoms with E-state index in [-0.39, 0.29) is 24.2 Å². The van der Waals surface area contributed by atoms with Gasteiger partial charge in [-0.05, 0) is 31.2 Å². The van der Waals surface area contributed by atoms with E-state index < -0.39 is 0 Å². The Morgan fingerprint density at radius 2 is 2.17 bits per heavy atom. The Bertz CT molecular complexity index is 550. The largest absolute Gasteiger partial charge is 0.359 e. The SMILES string of the molecule is Cc1cc2cc(NC(=O)C(C)CN)ccc2[nH]1.Cl. The van der Waals surface area contributed by atoms with Crippen molar-refractivity contribution in [3.8, 4) is 0 Å². The second-order valence-electron chi connectivity index (χ2n) is 4.38. The lowest BCUT2D eigenvalue weighted by atomic mass is 10.1.